The lowest BCUT2D eigenvalue weighted by molar-refractivity contribution is 0.0600. The van der Waals surface area contributed by atoms with E-state index >= 15 is 0 Å². The van der Waals surface area contributed by atoms with Gasteiger partial charge in [-0.3, -0.25) is 4.99 Å². The maximum Gasteiger partial charge on any atom is 0.337 e. The predicted octanol–water partition coefficient (Wildman–Crippen LogP) is 3.34. The number of carbonyl (C=O) groups excluding carboxylic acids is 1. The zero-order valence-corrected chi connectivity index (χ0v) is 16.5. The Labute approximate surface area is 163 Å². The second kappa shape index (κ2) is 10.6. The highest BCUT2D eigenvalue weighted by atomic mass is 32.2. The van der Waals surface area contributed by atoms with Crippen molar-refractivity contribution in [2.45, 2.75) is 18.8 Å². The molecule has 0 bridgehead atoms. The zero-order chi connectivity index (χ0) is 19.6. The van der Waals surface area contributed by atoms with Crippen LogP contribution in [0.3, 0.4) is 0 Å². The third kappa shape index (κ3) is 6.29. The van der Waals surface area contributed by atoms with Gasteiger partial charge in [0.15, 0.2) is 5.96 Å². The molecule has 0 aromatic heterocycles. The van der Waals surface area contributed by atoms with Gasteiger partial charge in [0, 0.05) is 25.9 Å². The first kappa shape index (κ1) is 20.8. The van der Waals surface area contributed by atoms with Gasteiger partial charge < -0.3 is 15.4 Å². The van der Waals surface area contributed by atoms with Crippen LogP contribution in [0.1, 0.15) is 27.0 Å². The van der Waals surface area contributed by atoms with Crippen molar-refractivity contribution in [2.24, 2.45) is 4.99 Å². The molecule has 7 heteroatoms. The van der Waals surface area contributed by atoms with E-state index in [0.29, 0.717) is 24.6 Å². The van der Waals surface area contributed by atoms with Crippen molar-refractivity contribution >= 4 is 23.7 Å². The van der Waals surface area contributed by atoms with E-state index in [1.807, 2.05) is 18.4 Å². The molecule has 0 saturated heterocycles. The Morgan fingerprint density at radius 3 is 2.44 bits per heavy atom. The van der Waals surface area contributed by atoms with Crippen molar-refractivity contribution in [3.8, 4) is 0 Å². The van der Waals surface area contributed by atoms with Gasteiger partial charge in [0.25, 0.3) is 0 Å². The number of esters is 1. The van der Waals surface area contributed by atoms with Crippen LogP contribution in [-0.2, 0) is 23.6 Å². The lowest BCUT2D eigenvalue weighted by atomic mass is 10.1. The Hall–Kier alpha value is -2.54. The van der Waals surface area contributed by atoms with E-state index in [1.54, 1.807) is 43.1 Å². The molecule has 0 radical (unpaired) electrons. The normalized spacial score (nSPS) is 11.2. The summed E-state index contributed by atoms with van der Waals surface area (Å²) in [6.45, 7) is 1.11. The number of thioether (sulfide) groups is 1. The van der Waals surface area contributed by atoms with E-state index in [1.165, 1.54) is 13.2 Å². The van der Waals surface area contributed by atoms with Crippen LogP contribution in [0.4, 0.5) is 4.39 Å². The van der Waals surface area contributed by atoms with E-state index in [9.17, 15) is 9.18 Å². The van der Waals surface area contributed by atoms with Crippen LogP contribution in [0, 0.1) is 5.82 Å². The molecule has 0 atom stereocenters. The minimum absolute atomic E-state index is 0.222. The Balaban J connectivity index is 1.92. The third-order valence-corrected chi connectivity index (χ3v) is 4.57. The largest absolute Gasteiger partial charge is 0.465 e. The second-order valence-electron chi connectivity index (χ2n) is 5.81. The molecule has 0 saturated carbocycles. The molecule has 0 aliphatic heterocycles. The van der Waals surface area contributed by atoms with Gasteiger partial charge in [-0.2, -0.15) is 11.8 Å². The molecule has 144 valence electrons. The minimum Gasteiger partial charge on any atom is -0.465 e. The van der Waals surface area contributed by atoms with E-state index < -0.39 is 0 Å². The molecule has 0 spiro atoms. The summed E-state index contributed by atoms with van der Waals surface area (Å²) in [6, 6.07) is 12.0. The maximum absolute atomic E-state index is 13.5. The van der Waals surface area contributed by atoms with Crippen molar-refractivity contribution in [3.05, 3.63) is 70.5 Å². The van der Waals surface area contributed by atoms with Gasteiger partial charge in [0.05, 0.1) is 12.7 Å². The van der Waals surface area contributed by atoms with Crippen molar-refractivity contribution in [1.29, 1.82) is 0 Å². The average molecular weight is 389 g/mol. The van der Waals surface area contributed by atoms with Crippen LogP contribution < -0.4 is 10.6 Å². The zero-order valence-electron chi connectivity index (χ0n) is 15.7. The molecule has 2 N–H and O–H groups in total. The molecule has 0 aliphatic rings. The molecule has 0 unspecified atom stereocenters. The number of halogens is 1. The quantitative estimate of drug-likeness (QED) is 0.432. The number of methoxy groups -OCH3 is 1. The molecule has 27 heavy (non-hydrogen) atoms. The smallest absolute Gasteiger partial charge is 0.337 e. The summed E-state index contributed by atoms with van der Waals surface area (Å²) in [4.78, 5) is 15.7. The molecule has 0 aliphatic carbocycles. The van der Waals surface area contributed by atoms with Crippen LogP contribution in [0.5, 0.6) is 0 Å². The summed E-state index contributed by atoms with van der Waals surface area (Å²) in [5.41, 5.74) is 3.54. The van der Waals surface area contributed by atoms with Gasteiger partial charge in [0.2, 0.25) is 0 Å². The monoisotopic (exact) mass is 389 g/mol. The fourth-order valence-corrected chi connectivity index (χ4v) is 3.10. The predicted molar refractivity (Wildman–Crippen MR) is 108 cm³/mol. The van der Waals surface area contributed by atoms with Crippen LogP contribution in [-0.4, -0.2) is 32.3 Å². The van der Waals surface area contributed by atoms with Crippen LogP contribution >= 0.6 is 11.8 Å². The standard InChI is InChI=1S/C20H24FN3O2S/c1-22-20(23-11-14-4-6-15(7-5-14)19(25)26-2)24-12-16-8-9-18(21)10-17(16)13-27-3/h4-10H,11-13H2,1-3H3,(H2,22,23,24). The summed E-state index contributed by atoms with van der Waals surface area (Å²) >= 11 is 1.66. The number of aliphatic imine (C=N–C) groups is 1. The lowest BCUT2D eigenvalue weighted by Gasteiger charge is -2.14. The molecule has 0 heterocycles. The fourth-order valence-electron chi connectivity index (χ4n) is 2.52. The molecule has 0 amide bonds. The van der Waals surface area contributed by atoms with Gasteiger partial charge in [-0.05, 0) is 47.2 Å². The second-order valence-corrected chi connectivity index (χ2v) is 6.68. The molecular formula is C20H24FN3O2S. The first-order valence-corrected chi connectivity index (χ1v) is 9.84. The van der Waals surface area contributed by atoms with Crippen molar-refractivity contribution < 1.29 is 13.9 Å². The Morgan fingerprint density at radius 2 is 1.81 bits per heavy atom. The van der Waals surface area contributed by atoms with Gasteiger partial charge in [-0.15, -0.1) is 0 Å². The summed E-state index contributed by atoms with van der Waals surface area (Å²) in [5.74, 6) is 0.826. The van der Waals surface area contributed by atoms with Gasteiger partial charge in [-0.25, -0.2) is 9.18 Å². The number of benzene rings is 2. The van der Waals surface area contributed by atoms with Crippen LogP contribution in [0.2, 0.25) is 0 Å². The van der Waals surface area contributed by atoms with Crippen molar-refractivity contribution in [1.82, 2.24) is 10.6 Å². The first-order chi connectivity index (χ1) is 13.1. The highest BCUT2D eigenvalue weighted by Gasteiger charge is 2.07. The highest BCUT2D eigenvalue weighted by molar-refractivity contribution is 7.97. The molecular weight excluding hydrogens is 365 g/mol. The first-order valence-electron chi connectivity index (χ1n) is 8.45. The number of ether oxygens (including phenoxy) is 1. The number of carbonyl (C=O) groups is 1. The Bertz CT molecular complexity index is 794. The average Bonchev–Trinajstić information content (AvgIpc) is 2.69. The summed E-state index contributed by atoms with van der Waals surface area (Å²) in [5, 5.41) is 6.47. The molecule has 2 aromatic carbocycles. The van der Waals surface area contributed by atoms with Crippen molar-refractivity contribution in [2.75, 3.05) is 20.4 Å². The van der Waals surface area contributed by atoms with E-state index in [4.69, 9.17) is 4.74 Å². The number of nitrogens with one attached hydrogen (secondary N) is 2. The SMILES string of the molecule is CN=C(NCc1ccc(C(=O)OC)cc1)NCc1ccc(F)cc1CSC. The number of rotatable bonds is 7. The summed E-state index contributed by atoms with van der Waals surface area (Å²) in [7, 11) is 3.06. The van der Waals surface area contributed by atoms with E-state index in [0.717, 1.165) is 22.4 Å². The van der Waals surface area contributed by atoms with Gasteiger partial charge in [0.1, 0.15) is 5.82 Å². The Kier molecular flexibility index (Phi) is 8.13. The van der Waals surface area contributed by atoms with Crippen molar-refractivity contribution in [3.63, 3.8) is 0 Å². The molecule has 5 nitrogen and oxygen atoms in total. The number of hydrogen-bond acceptors (Lipinski definition) is 4. The fraction of sp³-hybridized carbons (Fsp3) is 0.300. The maximum atomic E-state index is 13.5. The third-order valence-electron chi connectivity index (χ3n) is 3.97. The lowest BCUT2D eigenvalue weighted by Crippen LogP contribution is -2.36. The Morgan fingerprint density at radius 1 is 1.11 bits per heavy atom. The molecule has 2 aromatic rings. The number of guanidine groups is 1. The van der Waals surface area contributed by atoms with E-state index in [-0.39, 0.29) is 11.8 Å². The minimum atomic E-state index is -0.354. The van der Waals surface area contributed by atoms with E-state index in [2.05, 4.69) is 15.6 Å². The highest BCUT2D eigenvalue weighted by Crippen LogP contribution is 2.16. The topological polar surface area (TPSA) is 62.7 Å². The number of hydrogen-bond donors (Lipinski definition) is 2. The van der Waals surface area contributed by atoms with Crippen LogP contribution in [0.25, 0.3) is 0 Å². The molecule has 2 rings (SSSR count). The summed E-state index contributed by atoms with van der Waals surface area (Å²) < 4.78 is 18.1. The number of nitrogens with zero attached hydrogens (tertiary/aromatic N) is 1. The van der Waals surface area contributed by atoms with Gasteiger partial charge >= 0.3 is 5.97 Å². The summed E-state index contributed by atoms with van der Waals surface area (Å²) in [6.07, 6.45) is 1.99. The molecule has 0 fully saturated rings. The van der Waals surface area contributed by atoms with Crippen LogP contribution in [0.15, 0.2) is 47.5 Å². The van der Waals surface area contributed by atoms with Gasteiger partial charge in [-0.1, -0.05) is 18.2 Å².